The number of ether oxygens (including phenoxy) is 2. The van der Waals surface area contributed by atoms with Crippen LogP contribution >= 0.6 is 0 Å². The lowest BCUT2D eigenvalue weighted by molar-refractivity contribution is -0.275. The molecule has 0 aliphatic rings. The monoisotopic (exact) mass is 289 g/mol. The third kappa shape index (κ3) is 3.48. The molecule has 1 rings (SSSR count). The predicted octanol–water partition coefficient (Wildman–Crippen LogP) is 2.82. The van der Waals surface area contributed by atoms with Crippen LogP contribution in [0.25, 0.3) is 0 Å². The first-order chi connectivity index (χ1) is 8.60. The number of carbonyl (C=O) groups excluding carboxylic acids is 1. The first kappa shape index (κ1) is 15.1. The Kier molecular flexibility index (Phi) is 3.91. The van der Waals surface area contributed by atoms with Crippen molar-refractivity contribution in [1.29, 1.82) is 0 Å². The van der Waals surface area contributed by atoms with E-state index in [1.807, 2.05) is 0 Å². The van der Waals surface area contributed by atoms with Gasteiger partial charge in [0.05, 0.1) is 18.2 Å². The largest absolute Gasteiger partial charge is 0.573 e. The highest BCUT2D eigenvalue weighted by atomic mass is 19.4. The minimum atomic E-state index is -5.29. The average Bonchev–Trinajstić information content (AvgIpc) is 2.25. The first-order valence-electron chi connectivity index (χ1n) is 4.45. The van der Waals surface area contributed by atoms with Crippen molar-refractivity contribution in [2.75, 3.05) is 7.11 Å². The summed E-state index contributed by atoms with van der Waals surface area (Å²) in [4.78, 5) is 13.6. The molecule has 0 radical (unpaired) electrons. The summed E-state index contributed by atoms with van der Waals surface area (Å²) < 4.78 is 81.5. The van der Waals surface area contributed by atoms with Gasteiger partial charge in [0.15, 0.2) is 6.29 Å². The molecule has 0 unspecified atom stereocenters. The fraction of sp³-hybridized carbons (Fsp3) is 0.333. The molecule has 0 fully saturated rings. The van der Waals surface area contributed by atoms with Crippen LogP contribution in [0.1, 0.15) is 15.9 Å². The summed E-state index contributed by atoms with van der Waals surface area (Å²) >= 11 is 0. The SMILES string of the molecule is COc1ncc(C(F)(F)F)c(C=O)c1OC(F)(F)F. The normalized spacial score (nSPS) is 12.2. The van der Waals surface area contributed by atoms with Crippen molar-refractivity contribution in [3.05, 3.63) is 17.3 Å². The van der Waals surface area contributed by atoms with Gasteiger partial charge in [-0.2, -0.15) is 13.2 Å². The van der Waals surface area contributed by atoms with E-state index in [4.69, 9.17) is 0 Å². The van der Waals surface area contributed by atoms with Crippen LogP contribution in [0.4, 0.5) is 26.3 Å². The molecule has 0 atom stereocenters. The smallest absolute Gasteiger partial charge is 0.478 e. The molecule has 19 heavy (non-hydrogen) atoms. The maximum absolute atomic E-state index is 12.5. The Hall–Kier alpha value is -2.00. The fourth-order valence-electron chi connectivity index (χ4n) is 1.19. The number of rotatable bonds is 3. The van der Waals surface area contributed by atoms with Gasteiger partial charge in [-0.25, -0.2) is 4.98 Å². The van der Waals surface area contributed by atoms with Crippen LogP contribution in [0.2, 0.25) is 0 Å². The Morgan fingerprint density at radius 2 is 1.79 bits per heavy atom. The van der Waals surface area contributed by atoms with Crippen molar-refractivity contribution in [3.8, 4) is 11.6 Å². The van der Waals surface area contributed by atoms with Crippen LogP contribution < -0.4 is 9.47 Å². The summed E-state index contributed by atoms with van der Waals surface area (Å²) in [5, 5.41) is 0. The van der Waals surface area contributed by atoms with E-state index in [0.717, 1.165) is 7.11 Å². The van der Waals surface area contributed by atoms with Gasteiger partial charge < -0.3 is 9.47 Å². The van der Waals surface area contributed by atoms with Crippen LogP contribution in [0.5, 0.6) is 11.6 Å². The number of pyridine rings is 1. The van der Waals surface area contributed by atoms with Crippen molar-refractivity contribution in [2.45, 2.75) is 12.5 Å². The summed E-state index contributed by atoms with van der Waals surface area (Å²) in [5.74, 6) is -2.31. The van der Waals surface area contributed by atoms with E-state index in [-0.39, 0.29) is 6.20 Å². The number of hydrogen-bond donors (Lipinski definition) is 0. The number of nitrogens with zero attached hydrogens (tertiary/aromatic N) is 1. The van der Waals surface area contributed by atoms with Crippen LogP contribution in [0.3, 0.4) is 0 Å². The van der Waals surface area contributed by atoms with Gasteiger partial charge >= 0.3 is 12.5 Å². The molecule has 0 aromatic carbocycles. The number of aldehydes is 1. The molecule has 0 saturated heterocycles. The quantitative estimate of drug-likeness (QED) is 0.634. The highest BCUT2D eigenvalue weighted by Crippen LogP contribution is 2.40. The number of carbonyl (C=O) groups is 1. The zero-order valence-electron chi connectivity index (χ0n) is 9.09. The minimum Gasteiger partial charge on any atom is -0.478 e. The predicted molar refractivity (Wildman–Crippen MR) is 47.9 cm³/mol. The molecule has 0 N–H and O–H groups in total. The number of halogens is 6. The molecular weight excluding hydrogens is 284 g/mol. The Morgan fingerprint density at radius 3 is 2.16 bits per heavy atom. The van der Waals surface area contributed by atoms with E-state index in [9.17, 15) is 31.1 Å². The molecule has 0 spiro atoms. The fourth-order valence-corrected chi connectivity index (χ4v) is 1.19. The van der Waals surface area contributed by atoms with Gasteiger partial charge in [0.25, 0.3) is 5.88 Å². The molecule has 0 aliphatic heterocycles. The molecule has 1 aromatic heterocycles. The van der Waals surface area contributed by atoms with E-state index in [2.05, 4.69) is 14.5 Å². The highest BCUT2D eigenvalue weighted by molar-refractivity contribution is 5.83. The van der Waals surface area contributed by atoms with E-state index in [1.54, 1.807) is 0 Å². The van der Waals surface area contributed by atoms with Crippen LogP contribution in [0, 0.1) is 0 Å². The van der Waals surface area contributed by atoms with E-state index in [0.29, 0.717) is 0 Å². The van der Waals surface area contributed by atoms with Crippen LogP contribution in [-0.2, 0) is 6.18 Å². The summed E-state index contributed by atoms with van der Waals surface area (Å²) in [6.45, 7) is 0. The summed E-state index contributed by atoms with van der Waals surface area (Å²) in [5.41, 5.74) is -2.99. The molecule has 0 saturated carbocycles. The molecule has 1 aromatic rings. The van der Waals surface area contributed by atoms with Crippen molar-refractivity contribution in [2.24, 2.45) is 0 Å². The minimum absolute atomic E-state index is 0.186. The van der Waals surface area contributed by atoms with Gasteiger partial charge in [0.2, 0.25) is 5.75 Å². The molecule has 4 nitrogen and oxygen atoms in total. The zero-order valence-corrected chi connectivity index (χ0v) is 9.09. The lowest BCUT2D eigenvalue weighted by Crippen LogP contribution is -2.21. The number of aromatic nitrogens is 1. The Balaban J connectivity index is 3.51. The first-order valence-corrected chi connectivity index (χ1v) is 4.45. The summed E-state index contributed by atoms with van der Waals surface area (Å²) in [6, 6.07) is 0. The molecular formula is C9H5F6NO3. The van der Waals surface area contributed by atoms with Crippen molar-refractivity contribution in [1.82, 2.24) is 4.98 Å². The third-order valence-corrected chi connectivity index (χ3v) is 1.87. The van der Waals surface area contributed by atoms with E-state index >= 15 is 0 Å². The Morgan fingerprint density at radius 1 is 1.21 bits per heavy atom. The molecule has 0 aliphatic carbocycles. The van der Waals surface area contributed by atoms with Crippen molar-refractivity contribution < 1.29 is 40.6 Å². The molecule has 1 heterocycles. The lowest BCUT2D eigenvalue weighted by Gasteiger charge is -2.16. The number of methoxy groups -OCH3 is 1. The Bertz CT molecular complexity index is 482. The second-order valence-electron chi connectivity index (χ2n) is 3.09. The van der Waals surface area contributed by atoms with E-state index in [1.165, 1.54) is 0 Å². The van der Waals surface area contributed by atoms with Crippen LogP contribution in [0.15, 0.2) is 6.20 Å². The standard InChI is InChI=1S/C9H5F6NO3/c1-18-7-6(19-9(13,14)15)4(3-17)5(2-16-7)8(10,11)12/h2-3H,1H3. The highest BCUT2D eigenvalue weighted by Gasteiger charge is 2.40. The lowest BCUT2D eigenvalue weighted by atomic mass is 10.1. The number of hydrogen-bond acceptors (Lipinski definition) is 4. The maximum Gasteiger partial charge on any atom is 0.573 e. The van der Waals surface area contributed by atoms with Gasteiger partial charge in [0.1, 0.15) is 0 Å². The average molecular weight is 289 g/mol. The zero-order chi connectivity index (χ0) is 14.8. The third-order valence-electron chi connectivity index (χ3n) is 1.87. The second kappa shape index (κ2) is 4.94. The topological polar surface area (TPSA) is 48.4 Å². The van der Waals surface area contributed by atoms with Crippen molar-refractivity contribution >= 4 is 6.29 Å². The molecule has 0 amide bonds. The molecule has 106 valence electrons. The van der Waals surface area contributed by atoms with Gasteiger partial charge in [-0.1, -0.05) is 0 Å². The Labute approximate surface area is 101 Å². The second-order valence-corrected chi connectivity index (χ2v) is 3.09. The summed E-state index contributed by atoms with van der Waals surface area (Å²) in [7, 11) is 0.868. The van der Waals surface area contributed by atoms with Gasteiger partial charge in [0, 0.05) is 6.20 Å². The van der Waals surface area contributed by atoms with Gasteiger partial charge in [-0.05, 0) is 0 Å². The van der Waals surface area contributed by atoms with Crippen LogP contribution in [-0.4, -0.2) is 24.7 Å². The maximum atomic E-state index is 12.5. The van der Waals surface area contributed by atoms with Crippen molar-refractivity contribution in [3.63, 3.8) is 0 Å². The van der Waals surface area contributed by atoms with E-state index < -0.39 is 41.6 Å². The van der Waals surface area contributed by atoms with Gasteiger partial charge in [-0.3, -0.25) is 4.79 Å². The molecule has 0 bridgehead atoms. The van der Waals surface area contributed by atoms with Gasteiger partial charge in [-0.15, -0.1) is 13.2 Å². The number of alkyl halides is 6. The molecule has 10 heteroatoms. The summed E-state index contributed by atoms with van der Waals surface area (Å²) in [6.07, 6.45) is -10.6.